The number of amides is 1. The van der Waals surface area contributed by atoms with Gasteiger partial charge in [-0.15, -0.1) is 0 Å². The van der Waals surface area contributed by atoms with Crippen molar-refractivity contribution in [3.8, 4) is 17.0 Å². The van der Waals surface area contributed by atoms with Gasteiger partial charge in [0.25, 0.3) is 5.91 Å². The number of halogens is 1. The van der Waals surface area contributed by atoms with E-state index < -0.39 is 0 Å². The molecule has 29 heavy (non-hydrogen) atoms. The summed E-state index contributed by atoms with van der Waals surface area (Å²) in [5.74, 6) is -0.274. The third-order valence-corrected chi connectivity index (χ3v) is 4.50. The van der Waals surface area contributed by atoms with Gasteiger partial charge in [0, 0.05) is 22.7 Å². The maximum absolute atomic E-state index is 13.8. The van der Waals surface area contributed by atoms with E-state index in [1.54, 1.807) is 12.1 Å². The molecule has 0 aliphatic heterocycles. The Morgan fingerprint density at radius 1 is 1.00 bits per heavy atom. The number of aromatic nitrogens is 1. The molecule has 0 saturated carbocycles. The van der Waals surface area contributed by atoms with E-state index in [9.17, 15) is 9.18 Å². The number of anilines is 1. The van der Waals surface area contributed by atoms with Gasteiger partial charge in [0.15, 0.2) is 6.61 Å². The zero-order valence-corrected chi connectivity index (χ0v) is 15.9. The molecule has 0 aliphatic carbocycles. The molecular formula is C24H19FN2O2. The molecule has 0 atom stereocenters. The summed E-state index contributed by atoms with van der Waals surface area (Å²) in [6.45, 7) is 1.78. The number of nitrogens with one attached hydrogen (secondary N) is 1. The minimum absolute atomic E-state index is 0.197. The minimum Gasteiger partial charge on any atom is -0.483 e. The lowest BCUT2D eigenvalue weighted by molar-refractivity contribution is -0.118. The van der Waals surface area contributed by atoms with E-state index in [1.165, 1.54) is 12.1 Å². The van der Waals surface area contributed by atoms with Crippen LogP contribution in [0.25, 0.3) is 22.2 Å². The standard InChI is InChI=1S/C24H19FN2O2/c1-16-7-10-19(11-8-16)26-24(28)15-29-23-14-22(17-5-3-2-4-6-17)27-21-12-9-18(25)13-20(21)23/h2-14H,15H2,1H3,(H,26,28). The van der Waals surface area contributed by atoms with Gasteiger partial charge in [-0.1, -0.05) is 48.0 Å². The van der Waals surface area contributed by atoms with Crippen LogP contribution in [-0.4, -0.2) is 17.5 Å². The number of carbonyl (C=O) groups is 1. The van der Waals surface area contributed by atoms with Crippen LogP contribution in [0.3, 0.4) is 0 Å². The molecule has 1 N–H and O–H groups in total. The van der Waals surface area contributed by atoms with Crippen molar-refractivity contribution in [1.82, 2.24) is 4.98 Å². The fraction of sp³-hybridized carbons (Fsp3) is 0.0833. The van der Waals surface area contributed by atoms with Gasteiger partial charge in [-0.05, 0) is 37.3 Å². The summed E-state index contributed by atoms with van der Waals surface area (Å²) in [6.07, 6.45) is 0. The average Bonchev–Trinajstić information content (AvgIpc) is 2.74. The molecule has 5 heteroatoms. The summed E-state index contributed by atoms with van der Waals surface area (Å²) < 4.78 is 19.6. The van der Waals surface area contributed by atoms with E-state index in [1.807, 2.05) is 61.5 Å². The lowest BCUT2D eigenvalue weighted by atomic mass is 10.1. The Morgan fingerprint density at radius 2 is 1.76 bits per heavy atom. The van der Waals surface area contributed by atoms with Gasteiger partial charge in [0.2, 0.25) is 0 Å². The third-order valence-electron chi connectivity index (χ3n) is 4.50. The highest BCUT2D eigenvalue weighted by Gasteiger charge is 2.12. The van der Waals surface area contributed by atoms with Crippen LogP contribution in [0.1, 0.15) is 5.56 Å². The number of benzene rings is 3. The van der Waals surface area contributed by atoms with Gasteiger partial charge in [-0.3, -0.25) is 4.79 Å². The number of ether oxygens (including phenoxy) is 1. The molecule has 144 valence electrons. The van der Waals surface area contributed by atoms with Crippen LogP contribution in [0.5, 0.6) is 5.75 Å². The Bertz CT molecular complexity index is 1160. The van der Waals surface area contributed by atoms with Crippen LogP contribution >= 0.6 is 0 Å². The first-order valence-corrected chi connectivity index (χ1v) is 9.23. The van der Waals surface area contributed by atoms with Crippen LogP contribution < -0.4 is 10.1 Å². The zero-order valence-electron chi connectivity index (χ0n) is 15.9. The summed E-state index contributed by atoms with van der Waals surface area (Å²) in [6, 6.07) is 23.2. The minimum atomic E-state index is -0.388. The Hall–Kier alpha value is -3.73. The van der Waals surface area contributed by atoms with E-state index in [0.717, 1.165) is 11.1 Å². The van der Waals surface area contributed by atoms with Crippen molar-refractivity contribution in [3.05, 3.63) is 90.2 Å². The van der Waals surface area contributed by atoms with E-state index in [0.29, 0.717) is 28.0 Å². The predicted octanol–water partition coefficient (Wildman–Crippen LogP) is 5.37. The number of hydrogen-bond acceptors (Lipinski definition) is 3. The molecule has 3 aromatic carbocycles. The number of hydrogen-bond donors (Lipinski definition) is 1. The molecule has 1 heterocycles. The highest BCUT2D eigenvalue weighted by molar-refractivity contribution is 5.93. The lowest BCUT2D eigenvalue weighted by Gasteiger charge is -2.12. The molecule has 0 fully saturated rings. The molecular weight excluding hydrogens is 367 g/mol. The summed E-state index contributed by atoms with van der Waals surface area (Å²) in [5.41, 5.74) is 4.01. The highest BCUT2D eigenvalue weighted by Crippen LogP contribution is 2.30. The molecule has 0 saturated heterocycles. The molecule has 0 bridgehead atoms. The molecule has 4 aromatic rings. The largest absolute Gasteiger partial charge is 0.483 e. The monoisotopic (exact) mass is 386 g/mol. The van der Waals surface area contributed by atoms with Crippen LogP contribution in [0.4, 0.5) is 10.1 Å². The van der Waals surface area contributed by atoms with Crippen molar-refractivity contribution in [2.75, 3.05) is 11.9 Å². The molecule has 4 nitrogen and oxygen atoms in total. The average molecular weight is 386 g/mol. The first-order chi connectivity index (χ1) is 14.1. The number of carbonyl (C=O) groups excluding carboxylic acids is 1. The number of rotatable bonds is 5. The van der Waals surface area contributed by atoms with Crippen molar-refractivity contribution in [2.24, 2.45) is 0 Å². The second-order valence-corrected chi connectivity index (χ2v) is 6.74. The van der Waals surface area contributed by atoms with E-state index >= 15 is 0 Å². The third kappa shape index (κ3) is 4.41. The predicted molar refractivity (Wildman–Crippen MR) is 112 cm³/mol. The maximum atomic E-state index is 13.8. The van der Waals surface area contributed by atoms with Gasteiger partial charge in [0.05, 0.1) is 11.2 Å². The van der Waals surface area contributed by atoms with Crippen LogP contribution in [0, 0.1) is 12.7 Å². The number of fused-ring (bicyclic) bond motifs is 1. The van der Waals surface area contributed by atoms with Crippen molar-refractivity contribution in [1.29, 1.82) is 0 Å². The molecule has 0 spiro atoms. The SMILES string of the molecule is Cc1ccc(NC(=O)COc2cc(-c3ccccc3)nc3ccc(F)cc23)cc1. The topological polar surface area (TPSA) is 51.2 Å². The number of aryl methyl sites for hydroxylation is 1. The first-order valence-electron chi connectivity index (χ1n) is 9.23. The summed E-state index contributed by atoms with van der Waals surface area (Å²) >= 11 is 0. The molecule has 4 rings (SSSR count). The smallest absolute Gasteiger partial charge is 0.262 e. The van der Waals surface area contributed by atoms with Gasteiger partial charge < -0.3 is 10.1 Å². The molecule has 0 radical (unpaired) electrons. The highest BCUT2D eigenvalue weighted by atomic mass is 19.1. The fourth-order valence-electron chi connectivity index (χ4n) is 3.02. The summed E-state index contributed by atoms with van der Waals surface area (Å²) in [7, 11) is 0. The van der Waals surface area contributed by atoms with Gasteiger partial charge in [0.1, 0.15) is 11.6 Å². The van der Waals surface area contributed by atoms with Crippen LogP contribution in [0.2, 0.25) is 0 Å². The summed E-state index contributed by atoms with van der Waals surface area (Å²) in [4.78, 5) is 16.9. The van der Waals surface area contributed by atoms with Gasteiger partial charge in [-0.25, -0.2) is 9.37 Å². The zero-order chi connectivity index (χ0) is 20.2. The van der Waals surface area contributed by atoms with Crippen LogP contribution in [0.15, 0.2) is 78.9 Å². The van der Waals surface area contributed by atoms with Gasteiger partial charge >= 0.3 is 0 Å². The van der Waals surface area contributed by atoms with Crippen molar-refractivity contribution in [3.63, 3.8) is 0 Å². The van der Waals surface area contributed by atoms with Crippen molar-refractivity contribution in [2.45, 2.75) is 6.92 Å². The summed E-state index contributed by atoms with van der Waals surface area (Å²) in [5, 5.41) is 3.31. The second kappa shape index (κ2) is 8.10. The Labute approximate surface area is 168 Å². The Balaban J connectivity index is 1.60. The number of pyridine rings is 1. The van der Waals surface area contributed by atoms with Crippen LogP contribution in [-0.2, 0) is 4.79 Å². The maximum Gasteiger partial charge on any atom is 0.262 e. The number of nitrogens with zero attached hydrogens (tertiary/aromatic N) is 1. The van der Waals surface area contributed by atoms with Crippen molar-refractivity contribution >= 4 is 22.5 Å². The van der Waals surface area contributed by atoms with E-state index in [4.69, 9.17) is 4.74 Å². The lowest BCUT2D eigenvalue weighted by Crippen LogP contribution is -2.20. The molecule has 0 aliphatic rings. The Kier molecular flexibility index (Phi) is 5.20. The quantitative estimate of drug-likeness (QED) is 0.502. The normalized spacial score (nSPS) is 10.7. The van der Waals surface area contributed by atoms with E-state index in [-0.39, 0.29) is 18.3 Å². The molecule has 1 amide bonds. The fourth-order valence-corrected chi connectivity index (χ4v) is 3.02. The second-order valence-electron chi connectivity index (χ2n) is 6.74. The molecule has 1 aromatic heterocycles. The Morgan fingerprint density at radius 3 is 2.52 bits per heavy atom. The van der Waals surface area contributed by atoms with Crippen molar-refractivity contribution < 1.29 is 13.9 Å². The molecule has 0 unspecified atom stereocenters. The van der Waals surface area contributed by atoms with E-state index in [2.05, 4.69) is 10.3 Å². The first kappa shape index (κ1) is 18.6. The van der Waals surface area contributed by atoms with Gasteiger partial charge in [-0.2, -0.15) is 0 Å².